The highest BCUT2D eigenvalue weighted by Crippen LogP contribution is 2.34. The van der Waals surface area contributed by atoms with Gasteiger partial charge in [0.05, 0.1) is 5.69 Å². The van der Waals surface area contributed by atoms with Crippen molar-refractivity contribution in [3.8, 4) is 0 Å². The first-order valence-corrected chi connectivity index (χ1v) is 8.15. The van der Waals surface area contributed by atoms with E-state index in [9.17, 15) is 0 Å². The van der Waals surface area contributed by atoms with Crippen LogP contribution in [0.15, 0.2) is 22.7 Å². The fourth-order valence-electron chi connectivity index (χ4n) is 2.77. The smallest absolute Gasteiger partial charge is 0.0515 e. The Balaban J connectivity index is 2.31. The van der Waals surface area contributed by atoms with E-state index in [0.29, 0.717) is 6.04 Å². The van der Waals surface area contributed by atoms with Gasteiger partial charge >= 0.3 is 0 Å². The monoisotopic (exact) mass is 344 g/mol. The summed E-state index contributed by atoms with van der Waals surface area (Å²) < 4.78 is 1.08. The first kappa shape index (κ1) is 15.1. The number of hydrogen-bond acceptors (Lipinski definition) is 2. The lowest BCUT2D eigenvalue weighted by Gasteiger charge is -2.48. The van der Waals surface area contributed by atoms with Gasteiger partial charge in [0.2, 0.25) is 0 Å². The Morgan fingerprint density at radius 3 is 2.68 bits per heavy atom. The molecule has 1 aliphatic rings. The summed E-state index contributed by atoms with van der Waals surface area (Å²) in [5.41, 5.74) is 1.47. The van der Waals surface area contributed by atoms with Gasteiger partial charge in [-0.15, -0.1) is 0 Å². The number of halogens is 2. The molecule has 1 aliphatic heterocycles. The molecule has 106 valence electrons. The fourth-order valence-corrected chi connectivity index (χ4v) is 3.68. The molecule has 0 aliphatic carbocycles. The summed E-state index contributed by atoms with van der Waals surface area (Å²) >= 11 is 9.69. The maximum atomic E-state index is 6.04. The molecule has 0 radical (unpaired) electrons. The van der Waals surface area contributed by atoms with Crippen molar-refractivity contribution in [1.29, 1.82) is 0 Å². The molecular formula is C15H22BrClN2. The van der Waals surface area contributed by atoms with Gasteiger partial charge in [-0.25, -0.2) is 0 Å². The zero-order chi connectivity index (χ0) is 14.0. The Morgan fingerprint density at radius 1 is 1.42 bits per heavy atom. The maximum absolute atomic E-state index is 6.04. The highest BCUT2D eigenvalue weighted by atomic mass is 79.9. The second-order valence-electron chi connectivity index (χ2n) is 5.44. The molecule has 1 atom stereocenters. The number of piperazine rings is 1. The zero-order valence-electron chi connectivity index (χ0n) is 11.8. The lowest BCUT2D eigenvalue weighted by atomic mass is 9.88. The van der Waals surface area contributed by atoms with E-state index in [2.05, 4.69) is 53.0 Å². The van der Waals surface area contributed by atoms with Gasteiger partial charge in [0.15, 0.2) is 0 Å². The van der Waals surface area contributed by atoms with E-state index in [4.69, 9.17) is 11.6 Å². The largest absolute Gasteiger partial charge is 0.365 e. The summed E-state index contributed by atoms with van der Waals surface area (Å²) in [6, 6.07) is 6.55. The van der Waals surface area contributed by atoms with Crippen LogP contribution in [0.2, 0.25) is 5.02 Å². The van der Waals surface area contributed by atoms with Gasteiger partial charge in [-0.1, -0.05) is 25.4 Å². The molecule has 1 saturated heterocycles. The van der Waals surface area contributed by atoms with E-state index in [1.54, 1.807) is 0 Å². The van der Waals surface area contributed by atoms with Crippen LogP contribution in [0, 0.1) is 0 Å². The van der Waals surface area contributed by atoms with E-state index in [1.807, 2.05) is 12.1 Å². The number of nitrogens with zero attached hydrogens (tertiary/aromatic N) is 1. The quantitative estimate of drug-likeness (QED) is 0.870. The minimum Gasteiger partial charge on any atom is -0.365 e. The summed E-state index contributed by atoms with van der Waals surface area (Å²) in [5.74, 6) is 0. The normalized spacial score (nSPS) is 22.6. The van der Waals surface area contributed by atoms with Crippen molar-refractivity contribution < 1.29 is 0 Å². The molecule has 1 aromatic rings. The molecule has 1 unspecified atom stereocenters. The zero-order valence-corrected chi connectivity index (χ0v) is 14.2. The molecular weight excluding hydrogens is 324 g/mol. The standard InChI is InChI=1S/C15H22BrClN2/c1-4-15(5-2)10-19(11(3)9-18-15)14-7-6-12(17)8-13(14)16/h6-8,11,18H,4-5,9-10H2,1-3H3. The second-order valence-corrected chi connectivity index (χ2v) is 6.73. The van der Waals surface area contributed by atoms with E-state index >= 15 is 0 Å². The van der Waals surface area contributed by atoms with Crippen molar-refractivity contribution in [2.24, 2.45) is 0 Å². The van der Waals surface area contributed by atoms with Gasteiger partial charge in [0, 0.05) is 34.2 Å². The molecule has 0 saturated carbocycles. The predicted octanol–water partition coefficient (Wildman–Crippen LogP) is 4.46. The third-order valence-electron chi connectivity index (χ3n) is 4.35. The summed E-state index contributed by atoms with van der Waals surface area (Å²) in [4.78, 5) is 2.49. The van der Waals surface area contributed by atoms with E-state index in [-0.39, 0.29) is 5.54 Å². The molecule has 0 aromatic heterocycles. The predicted molar refractivity (Wildman–Crippen MR) is 87.3 cm³/mol. The number of nitrogens with one attached hydrogen (secondary N) is 1. The third-order valence-corrected chi connectivity index (χ3v) is 5.22. The lowest BCUT2D eigenvalue weighted by Crippen LogP contribution is -2.63. The lowest BCUT2D eigenvalue weighted by molar-refractivity contribution is 0.253. The molecule has 4 heteroatoms. The first-order chi connectivity index (χ1) is 9.01. The van der Waals surface area contributed by atoms with Gasteiger partial charge in [-0.2, -0.15) is 0 Å². The Morgan fingerprint density at radius 2 is 2.11 bits per heavy atom. The number of rotatable bonds is 3. The average molecular weight is 346 g/mol. The van der Waals surface area contributed by atoms with Crippen LogP contribution in [0.25, 0.3) is 0 Å². The van der Waals surface area contributed by atoms with Crippen LogP contribution in [0.5, 0.6) is 0 Å². The van der Waals surface area contributed by atoms with E-state index in [1.165, 1.54) is 5.69 Å². The van der Waals surface area contributed by atoms with Crippen LogP contribution >= 0.6 is 27.5 Å². The van der Waals surface area contributed by atoms with Crippen LogP contribution in [-0.2, 0) is 0 Å². The summed E-state index contributed by atoms with van der Waals surface area (Å²) in [6.07, 6.45) is 2.30. The average Bonchev–Trinajstić information content (AvgIpc) is 2.41. The molecule has 0 spiro atoms. The highest BCUT2D eigenvalue weighted by molar-refractivity contribution is 9.10. The number of hydrogen-bond donors (Lipinski definition) is 1. The second kappa shape index (κ2) is 6.02. The molecule has 1 fully saturated rings. The van der Waals surface area contributed by atoms with Gasteiger partial charge in [0.25, 0.3) is 0 Å². The van der Waals surface area contributed by atoms with Crippen molar-refractivity contribution in [2.45, 2.75) is 45.2 Å². The molecule has 2 rings (SSSR count). The van der Waals surface area contributed by atoms with Crippen LogP contribution in [0.4, 0.5) is 5.69 Å². The molecule has 0 bridgehead atoms. The topological polar surface area (TPSA) is 15.3 Å². The van der Waals surface area contributed by atoms with E-state index < -0.39 is 0 Å². The highest BCUT2D eigenvalue weighted by Gasteiger charge is 2.35. The first-order valence-electron chi connectivity index (χ1n) is 6.98. The minimum absolute atomic E-state index is 0.228. The SMILES string of the molecule is CCC1(CC)CN(c2ccc(Cl)cc2Br)C(C)CN1. The summed E-state index contributed by atoms with van der Waals surface area (Å²) in [6.45, 7) is 8.87. The molecule has 2 nitrogen and oxygen atoms in total. The van der Waals surface area contributed by atoms with E-state index in [0.717, 1.165) is 35.4 Å². The minimum atomic E-state index is 0.228. The van der Waals surface area contributed by atoms with Crippen molar-refractivity contribution >= 4 is 33.2 Å². The van der Waals surface area contributed by atoms with Crippen molar-refractivity contribution in [2.75, 3.05) is 18.0 Å². The van der Waals surface area contributed by atoms with Crippen LogP contribution in [0.3, 0.4) is 0 Å². The maximum Gasteiger partial charge on any atom is 0.0515 e. The number of benzene rings is 1. The van der Waals surface area contributed by atoms with Gasteiger partial charge in [0.1, 0.15) is 0 Å². The number of anilines is 1. The Hall–Kier alpha value is -0.250. The van der Waals surface area contributed by atoms with Gasteiger partial charge in [-0.05, 0) is 53.9 Å². The third kappa shape index (κ3) is 3.09. The Bertz CT molecular complexity index is 446. The fraction of sp³-hybridized carbons (Fsp3) is 0.600. The molecule has 19 heavy (non-hydrogen) atoms. The summed E-state index contributed by atoms with van der Waals surface area (Å²) in [5, 5.41) is 4.50. The van der Waals surface area contributed by atoms with Crippen LogP contribution in [0.1, 0.15) is 33.6 Å². The molecule has 1 heterocycles. The van der Waals surface area contributed by atoms with Crippen molar-refractivity contribution in [1.82, 2.24) is 5.32 Å². The van der Waals surface area contributed by atoms with Gasteiger partial charge in [-0.3, -0.25) is 0 Å². The Kier molecular flexibility index (Phi) is 4.80. The Labute approximate surface area is 129 Å². The van der Waals surface area contributed by atoms with Gasteiger partial charge < -0.3 is 10.2 Å². The summed E-state index contributed by atoms with van der Waals surface area (Å²) in [7, 11) is 0. The van der Waals surface area contributed by atoms with Crippen LogP contribution in [-0.4, -0.2) is 24.7 Å². The molecule has 0 amide bonds. The molecule has 1 N–H and O–H groups in total. The van der Waals surface area contributed by atoms with Crippen molar-refractivity contribution in [3.05, 3.63) is 27.7 Å². The van der Waals surface area contributed by atoms with Crippen LogP contribution < -0.4 is 10.2 Å². The van der Waals surface area contributed by atoms with Crippen molar-refractivity contribution in [3.63, 3.8) is 0 Å². The molecule has 1 aromatic carbocycles.